The second-order valence-electron chi connectivity index (χ2n) is 5.52. The maximum Gasteiger partial charge on any atom is 0.198 e. The van der Waals surface area contributed by atoms with Crippen molar-refractivity contribution in [2.45, 2.75) is 13.5 Å². The second kappa shape index (κ2) is 8.08. The predicted octanol–water partition coefficient (Wildman–Crippen LogP) is 0.514. The predicted molar refractivity (Wildman–Crippen MR) is 87.5 cm³/mol. The first-order valence-electron chi connectivity index (χ1n) is 7.59. The molecule has 0 saturated heterocycles. The molecular formula is C17H25N2O3+. The van der Waals surface area contributed by atoms with Crippen LogP contribution in [0.25, 0.3) is 10.9 Å². The van der Waals surface area contributed by atoms with Gasteiger partial charge in [0, 0.05) is 30.8 Å². The molecule has 1 aromatic carbocycles. The lowest BCUT2D eigenvalue weighted by molar-refractivity contribution is -0.914. The molecule has 0 fully saturated rings. The van der Waals surface area contributed by atoms with Gasteiger partial charge < -0.3 is 19.4 Å². The van der Waals surface area contributed by atoms with E-state index in [1.54, 1.807) is 14.2 Å². The van der Waals surface area contributed by atoms with Crippen LogP contribution in [0.2, 0.25) is 0 Å². The monoisotopic (exact) mass is 305 g/mol. The number of nitrogens with one attached hydrogen (secondary N) is 2. The van der Waals surface area contributed by atoms with Gasteiger partial charge >= 0.3 is 0 Å². The van der Waals surface area contributed by atoms with Crippen LogP contribution in [0.3, 0.4) is 0 Å². The maximum atomic E-state index is 12.7. The van der Waals surface area contributed by atoms with Crippen molar-refractivity contribution < 1.29 is 14.4 Å². The van der Waals surface area contributed by atoms with Crippen LogP contribution >= 0.6 is 0 Å². The van der Waals surface area contributed by atoms with E-state index >= 15 is 0 Å². The quantitative estimate of drug-likeness (QED) is 0.747. The van der Waals surface area contributed by atoms with Gasteiger partial charge in [0.1, 0.15) is 19.6 Å². The van der Waals surface area contributed by atoms with Gasteiger partial charge in [-0.1, -0.05) is 12.1 Å². The summed E-state index contributed by atoms with van der Waals surface area (Å²) in [6, 6.07) is 7.65. The Morgan fingerprint density at radius 1 is 1.09 bits per heavy atom. The Hall–Kier alpha value is -1.69. The summed E-state index contributed by atoms with van der Waals surface area (Å²) in [6.07, 6.45) is 0. The minimum absolute atomic E-state index is 0.124. The zero-order valence-corrected chi connectivity index (χ0v) is 13.6. The summed E-state index contributed by atoms with van der Waals surface area (Å²) in [5.41, 5.74) is 2.81. The molecule has 5 heteroatoms. The van der Waals surface area contributed by atoms with Gasteiger partial charge in [-0.3, -0.25) is 4.79 Å². The van der Waals surface area contributed by atoms with E-state index in [0.717, 1.165) is 35.2 Å². The van der Waals surface area contributed by atoms with E-state index in [9.17, 15) is 4.79 Å². The summed E-state index contributed by atoms with van der Waals surface area (Å²) in [7, 11) is 3.39. The molecule has 0 atom stereocenters. The van der Waals surface area contributed by atoms with E-state index in [2.05, 4.69) is 4.98 Å². The molecule has 0 bridgehead atoms. The molecule has 22 heavy (non-hydrogen) atoms. The number of pyridine rings is 1. The first-order valence-corrected chi connectivity index (χ1v) is 7.59. The maximum absolute atomic E-state index is 12.7. The van der Waals surface area contributed by atoms with Gasteiger partial charge in [-0.25, -0.2) is 0 Å². The Kier molecular flexibility index (Phi) is 6.12. The zero-order valence-electron chi connectivity index (χ0n) is 13.6. The number of benzene rings is 1. The molecular weight excluding hydrogens is 280 g/mol. The van der Waals surface area contributed by atoms with Gasteiger partial charge in [0.2, 0.25) is 0 Å². The van der Waals surface area contributed by atoms with Gasteiger partial charge in [0.25, 0.3) is 0 Å². The van der Waals surface area contributed by atoms with Crippen molar-refractivity contribution in [2.24, 2.45) is 0 Å². The third-order valence-corrected chi connectivity index (χ3v) is 3.97. The highest BCUT2D eigenvalue weighted by molar-refractivity contribution is 5.79. The second-order valence-corrected chi connectivity index (χ2v) is 5.52. The van der Waals surface area contributed by atoms with Crippen LogP contribution < -0.4 is 10.3 Å². The minimum Gasteiger partial charge on any atom is -0.379 e. The highest BCUT2D eigenvalue weighted by Crippen LogP contribution is 2.10. The lowest BCUT2D eigenvalue weighted by Gasteiger charge is -2.19. The van der Waals surface area contributed by atoms with Gasteiger partial charge in [-0.15, -0.1) is 0 Å². The molecule has 0 aliphatic rings. The van der Waals surface area contributed by atoms with Gasteiger partial charge in [-0.2, -0.15) is 0 Å². The van der Waals surface area contributed by atoms with Crippen molar-refractivity contribution in [3.8, 4) is 0 Å². The fraction of sp³-hybridized carbons (Fsp3) is 0.471. The topological polar surface area (TPSA) is 55.8 Å². The van der Waals surface area contributed by atoms with Gasteiger partial charge in [0.05, 0.1) is 18.8 Å². The molecule has 0 unspecified atom stereocenters. The number of quaternary nitrogens is 1. The molecule has 0 radical (unpaired) electrons. The van der Waals surface area contributed by atoms with Gasteiger partial charge in [0.15, 0.2) is 5.43 Å². The van der Waals surface area contributed by atoms with Crippen LogP contribution in [0.15, 0.2) is 29.1 Å². The molecule has 0 saturated carbocycles. The van der Waals surface area contributed by atoms with Crippen molar-refractivity contribution >= 4 is 10.9 Å². The zero-order chi connectivity index (χ0) is 15.9. The molecule has 0 amide bonds. The summed E-state index contributed by atoms with van der Waals surface area (Å²) in [5, 5.41) is 0.751. The fourth-order valence-corrected chi connectivity index (χ4v) is 2.66. The standard InChI is InChI=1S/C17H24N2O3/c1-13-15(12-19(8-10-21-2)9-11-22-3)17(20)14-6-4-5-7-16(14)18-13/h4-7H,8-12H2,1-3H3,(H,18,20)/p+1. The highest BCUT2D eigenvalue weighted by atomic mass is 16.5. The molecule has 2 rings (SSSR count). The minimum atomic E-state index is 0.124. The van der Waals surface area contributed by atoms with E-state index in [1.165, 1.54) is 4.90 Å². The third-order valence-electron chi connectivity index (χ3n) is 3.97. The first-order chi connectivity index (χ1) is 10.7. The average molecular weight is 305 g/mol. The van der Waals surface area contributed by atoms with Crippen molar-refractivity contribution in [3.05, 3.63) is 45.7 Å². The van der Waals surface area contributed by atoms with Crippen LogP contribution in [0, 0.1) is 6.92 Å². The third kappa shape index (κ3) is 3.94. The number of fused-ring (bicyclic) bond motifs is 1. The van der Waals surface area contributed by atoms with Crippen molar-refractivity contribution in [1.29, 1.82) is 0 Å². The van der Waals surface area contributed by atoms with Crippen molar-refractivity contribution in [1.82, 2.24) is 4.98 Å². The molecule has 1 aromatic heterocycles. The number of H-pyrrole nitrogens is 1. The first kappa shape index (κ1) is 16.7. The largest absolute Gasteiger partial charge is 0.379 e. The Morgan fingerprint density at radius 2 is 1.73 bits per heavy atom. The molecule has 1 heterocycles. The highest BCUT2D eigenvalue weighted by Gasteiger charge is 2.16. The summed E-state index contributed by atoms with van der Waals surface area (Å²) in [6.45, 7) is 5.69. The van der Waals surface area contributed by atoms with Crippen LogP contribution in [-0.4, -0.2) is 45.5 Å². The molecule has 5 nitrogen and oxygen atoms in total. The number of aromatic amines is 1. The van der Waals surface area contributed by atoms with E-state index in [-0.39, 0.29) is 5.43 Å². The summed E-state index contributed by atoms with van der Waals surface area (Å²) >= 11 is 0. The number of rotatable bonds is 8. The summed E-state index contributed by atoms with van der Waals surface area (Å²) in [5.74, 6) is 0. The Morgan fingerprint density at radius 3 is 2.36 bits per heavy atom. The number of para-hydroxylation sites is 1. The fourth-order valence-electron chi connectivity index (χ4n) is 2.66. The van der Waals surface area contributed by atoms with Crippen LogP contribution in [0.4, 0.5) is 0 Å². The van der Waals surface area contributed by atoms with Crippen LogP contribution in [0.1, 0.15) is 11.3 Å². The van der Waals surface area contributed by atoms with E-state index in [0.29, 0.717) is 19.8 Å². The van der Waals surface area contributed by atoms with Crippen molar-refractivity contribution in [2.75, 3.05) is 40.5 Å². The number of ether oxygens (including phenoxy) is 2. The number of methoxy groups -OCH3 is 2. The SMILES string of the molecule is COCC[NH+](CCOC)Cc1c(C)[nH]c2ccccc2c1=O. The molecule has 0 spiro atoms. The average Bonchev–Trinajstić information content (AvgIpc) is 2.53. The molecule has 2 aromatic rings. The van der Waals surface area contributed by atoms with Gasteiger partial charge in [-0.05, 0) is 19.1 Å². The molecule has 120 valence electrons. The number of aryl methyl sites for hydroxylation is 1. The van der Waals surface area contributed by atoms with E-state index < -0.39 is 0 Å². The normalized spacial score (nSPS) is 11.5. The van der Waals surface area contributed by atoms with Crippen LogP contribution in [0.5, 0.6) is 0 Å². The smallest absolute Gasteiger partial charge is 0.198 e. The van der Waals surface area contributed by atoms with Crippen molar-refractivity contribution in [3.63, 3.8) is 0 Å². The Balaban J connectivity index is 2.29. The molecule has 2 N–H and O–H groups in total. The van der Waals surface area contributed by atoms with E-state index in [1.807, 2.05) is 31.2 Å². The number of hydrogen-bond acceptors (Lipinski definition) is 3. The summed E-state index contributed by atoms with van der Waals surface area (Å²) in [4.78, 5) is 17.4. The number of hydrogen-bond donors (Lipinski definition) is 2. The number of aromatic nitrogens is 1. The summed E-state index contributed by atoms with van der Waals surface area (Å²) < 4.78 is 10.3. The lowest BCUT2D eigenvalue weighted by Crippen LogP contribution is -3.12. The van der Waals surface area contributed by atoms with Crippen LogP contribution in [-0.2, 0) is 16.0 Å². The Bertz CT molecular complexity index is 658. The Labute approximate surface area is 130 Å². The lowest BCUT2D eigenvalue weighted by atomic mass is 10.1. The van der Waals surface area contributed by atoms with E-state index in [4.69, 9.17) is 9.47 Å². The molecule has 0 aliphatic carbocycles. The molecule has 0 aliphatic heterocycles.